The van der Waals surface area contributed by atoms with Gasteiger partial charge in [-0.1, -0.05) is 70.5 Å². The second kappa shape index (κ2) is 14.3. The van der Waals surface area contributed by atoms with Crippen LogP contribution in [-0.2, 0) is 4.79 Å². The van der Waals surface area contributed by atoms with Crippen molar-refractivity contribution in [3.05, 3.63) is 71.9 Å². The number of likely N-dealkylation sites (tertiary alicyclic amines) is 1. The topological polar surface area (TPSA) is 59.0 Å². The van der Waals surface area contributed by atoms with E-state index in [1.807, 2.05) is 67.4 Å². The first kappa shape index (κ1) is 30.3. The summed E-state index contributed by atoms with van der Waals surface area (Å²) in [5, 5.41) is 0. The molecular weight excluding hydrogens is 484 g/mol. The first-order chi connectivity index (χ1) is 18.6. The summed E-state index contributed by atoms with van der Waals surface area (Å²) >= 11 is 0. The van der Waals surface area contributed by atoms with Gasteiger partial charge in [0.05, 0.1) is 11.8 Å². The number of amides is 1. The van der Waals surface area contributed by atoms with Crippen molar-refractivity contribution in [3.63, 3.8) is 0 Å². The summed E-state index contributed by atoms with van der Waals surface area (Å²) in [7, 11) is 0. The lowest BCUT2D eigenvalue weighted by atomic mass is 9.79. The fraction of sp³-hybridized carbons (Fsp3) is 0.500. The van der Waals surface area contributed by atoms with E-state index in [0.29, 0.717) is 43.0 Å². The van der Waals surface area contributed by atoms with Gasteiger partial charge in [0.15, 0.2) is 5.78 Å². The Labute approximate surface area is 235 Å². The molecule has 1 aliphatic rings. The van der Waals surface area contributed by atoms with E-state index in [1.165, 1.54) is 0 Å². The van der Waals surface area contributed by atoms with Crippen LogP contribution in [-0.4, -0.2) is 41.5 Å². The van der Waals surface area contributed by atoms with E-state index in [4.69, 9.17) is 9.73 Å². The number of Topliss-reactive ketones (excluding diaryl/α,β-unsaturated/α-hetero) is 1. The molecule has 1 heterocycles. The normalized spacial score (nSPS) is 18.4. The molecule has 1 atom stereocenters. The minimum atomic E-state index is -0.143. The number of hydrogen-bond donors (Lipinski definition) is 0. The van der Waals surface area contributed by atoms with Gasteiger partial charge in [0.2, 0.25) is 0 Å². The molecule has 5 nitrogen and oxygen atoms in total. The molecular formula is C34H46N2O3. The molecule has 0 radical (unpaired) electrons. The minimum Gasteiger partial charge on any atom is -0.491 e. The first-order valence-corrected chi connectivity index (χ1v) is 14.5. The van der Waals surface area contributed by atoms with Gasteiger partial charge in [0, 0.05) is 30.8 Å². The number of aliphatic imine (C=N–C) groups is 1. The Bertz CT molecular complexity index is 1160. The highest BCUT2D eigenvalue weighted by molar-refractivity contribution is 6.40. The highest BCUT2D eigenvalue weighted by atomic mass is 16.5. The Kier molecular flexibility index (Phi) is 11.1. The zero-order valence-corrected chi connectivity index (χ0v) is 24.7. The number of nitrogens with zero attached hydrogens (tertiary/aromatic N) is 2. The zero-order chi connectivity index (χ0) is 28.4. The van der Waals surface area contributed by atoms with Crippen molar-refractivity contribution in [2.24, 2.45) is 16.3 Å². The number of carbonyl (C=O) groups is 2. The van der Waals surface area contributed by atoms with E-state index >= 15 is 0 Å². The van der Waals surface area contributed by atoms with Crippen LogP contribution in [0.3, 0.4) is 0 Å². The maximum atomic E-state index is 13.8. The lowest BCUT2D eigenvalue weighted by Crippen LogP contribution is -2.43. The third-order valence-corrected chi connectivity index (χ3v) is 7.32. The van der Waals surface area contributed by atoms with Crippen LogP contribution < -0.4 is 4.74 Å². The van der Waals surface area contributed by atoms with Gasteiger partial charge in [-0.25, -0.2) is 0 Å². The van der Waals surface area contributed by atoms with Gasteiger partial charge in [-0.05, 0) is 80.7 Å². The summed E-state index contributed by atoms with van der Waals surface area (Å²) in [6, 6.07) is 17.6. The Morgan fingerprint density at radius 2 is 1.77 bits per heavy atom. The first-order valence-electron chi connectivity index (χ1n) is 14.5. The van der Waals surface area contributed by atoms with E-state index in [0.717, 1.165) is 36.8 Å². The molecule has 1 saturated heterocycles. The summed E-state index contributed by atoms with van der Waals surface area (Å²) in [5.74, 6) is 0.682. The Morgan fingerprint density at radius 3 is 2.44 bits per heavy atom. The number of ketones is 1. The molecule has 1 aliphatic heterocycles. The average Bonchev–Trinajstić information content (AvgIpc) is 2.90. The number of benzene rings is 2. The molecule has 5 heteroatoms. The maximum absolute atomic E-state index is 13.8. The van der Waals surface area contributed by atoms with Gasteiger partial charge < -0.3 is 9.64 Å². The number of carbonyl (C=O) groups excluding carboxylic acids is 2. The van der Waals surface area contributed by atoms with Crippen molar-refractivity contribution in [2.75, 3.05) is 13.1 Å². The van der Waals surface area contributed by atoms with Crippen LogP contribution >= 0.6 is 0 Å². The standard InChI is InChI=1S/C34H46N2O3/c1-7-13-31(35-23-26(8-2)27-14-10-9-11-15-27)32(37)28-18-20-34(5,6)24-36(21-19-28)33(38)29-16-12-17-30(22-29)39-25(3)4/h9-12,14-17,22-23,25,28H,7-8,13,18-21,24H2,1-6H3/b26-23+,35-31?. The van der Waals surface area contributed by atoms with E-state index in [-0.39, 0.29) is 29.1 Å². The lowest BCUT2D eigenvalue weighted by Gasteiger charge is -2.37. The highest BCUT2D eigenvalue weighted by Crippen LogP contribution is 2.32. The van der Waals surface area contributed by atoms with Gasteiger partial charge in [-0.3, -0.25) is 14.6 Å². The summed E-state index contributed by atoms with van der Waals surface area (Å²) in [6.07, 6.45) is 6.63. The molecule has 1 unspecified atom stereocenters. The number of hydrogen-bond acceptors (Lipinski definition) is 4. The lowest BCUT2D eigenvalue weighted by molar-refractivity contribution is -0.117. The summed E-state index contributed by atoms with van der Waals surface area (Å²) in [5.41, 5.74) is 3.44. The molecule has 2 aromatic carbocycles. The molecule has 0 N–H and O–H groups in total. The quantitative estimate of drug-likeness (QED) is 0.292. The molecule has 0 bridgehead atoms. The second-order valence-corrected chi connectivity index (χ2v) is 11.7. The van der Waals surface area contributed by atoms with E-state index in [9.17, 15) is 9.59 Å². The fourth-order valence-corrected chi connectivity index (χ4v) is 5.19. The van der Waals surface area contributed by atoms with E-state index < -0.39 is 0 Å². The third kappa shape index (κ3) is 8.91. The molecule has 0 saturated carbocycles. The van der Waals surface area contributed by atoms with Crippen molar-refractivity contribution in [1.29, 1.82) is 0 Å². The van der Waals surface area contributed by atoms with Gasteiger partial charge in [0.25, 0.3) is 5.91 Å². The van der Waals surface area contributed by atoms with Crippen LogP contribution in [0.15, 0.2) is 65.8 Å². The van der Waals surface area contributed by atoms with Crippen LogP contribution in [0.5, 0.6) is 5.75 Å². The van der Waals surface area contributed by atoms with Crippen LogP contribution in [0.4, 0.5) is 0 Å². The van der Waals surface area contributed by atoms with E-state index in [2.05, 4.69) is 39.8 Å². The molecule has 0 aromatic heterocycles. The predicted molar refractivity (Wildman–Crippen MR) is 161 cm³/mol. The smallest absolute Gasteiger partial charge is 0.254 e. The van der Waals surface area contributed by atoms with Crippen molar-refractivity contribution in [2.45, 2.75) is 86.2 Å². The van der Waals surface area contributed by atoms with Gasteiger partial charge in [-0.2, -0.15) is 0 Å². The van der Waals surface area contributed by atoms with Crippen LogP contribution in [0, 0.1) is 11.3 Å². The monoisotopic (exact) mass is 530 g/mol. The summed E-state index contributed by atoms with van der Waals surface area (Å²) < 4.78 is 5.82. The Hall–Kier alpha value is -3.21. The molecule has 39 heavy (non-hydrogen) atoms. The molecule has 1 amide bonds. The van der Waals surface area contributed by atoms with Gasteiger partial charge in [0.1, 0.15) is 5.75 Å². The maximum Gasteiger partial charge on any atom is 0.254 e. The third-order valence-electron chi connectivity index (χ3n) is 7.32. The molecule has 210 valence electrons. The molecule has 3 rings (SSSR count). The van der Waals surface area contributed by atoms with Crippen LogP contribution in [0.25, 0.3) is 5.57 Å². The Balaban J connectivity index is 1.81. The van der Waals surface area contributed by atoms with E-state index in [1.54, 1.807) is 0 Å². The van der Waals surface area contributed by atoms with Gasteiger partial charge in [-0.15, -0.1) is 0 Å². The number of ether oxygens (including phenoxy) is 1. The molecule has 2 aromatic rings. The fourth-order valence-electron chi connectivity index (χ4n) is 5.19. The van der Waals surface area contributed by atoms with Gasteiger partial charge >= 0.3 is 0 Å². The highest BCUT2D eigenvalue weighted by Gasteiger charge is 2.33. The average molecular weight is 531 g/mol. The van der Waals surface area contributed by atoms with Crippen molar-refractivity contribution in [3.8, 4) is 5.75 Å². The molecule has 0 spiro atoms. The summed E-state index contributed by atoms with van der Waals surface area (Å²) in [6.45, 7) is 13.7. The summed E-state index contributed by atoms with van der Waals surface area (Å²) in [4.78, 5) is 34.1. The van der Waals surface area contributed by atoms with Crippen molar-refractivity contribution in [1.82, 2.24) is 4.90 Å². The van der Waals surface area contributed by atoms with Crippen LogP contribution in [0.2, 0.25) is 0 Å². The molecule has 0 aliphatic carbocycles. The van der Waals surface area contributed by atoms with Crippen LogP contribution in [0.1, 0.15) is 96.0 Å². The second-order valence-electron chi connectivity index (χ2n) is 11.7. The Morgan fingerprint density at radius 1 is 1.05 bits per heavy atom. The number of rotatable bonds is 10. The number of allylic oxidation sites excluding steroid dienone is 1. The zero-order valence-electron chi connectivity index (χ0n) is 24.7. The van der Waals surface area contributed by atoms with Crippen molar-refractivity contribution < 1.29 is 14.3 Å². The predicted octanol–water partition coefficient (Wildman–Crippen LogP) is 8.00. The SMILES string of the molecule is CCCC(=N/C=C(\CC)c1ccccc1)C(=O)C1CCN(C(=O)c2cccc(OC(C)C)c2)CC(C)(C)CC1. The largest absolute Gasteiger partial charge is 0.491 e. The van der Waals surface area contributed by atoms with Crippen molar-refractivity contribution >= 4 is 23.0 Å². The minimum absolute atomic E-state index is 0.00814. The molecule has 1 fully saturated rings.